The van der Waals surface area contributed by atoms with E-state index in [1.807, 2.05) is 0 Å². The van der Waals surface area contributed by atoms with Crippen LogP contribution in [-0.2, 0) is 13.6 Å². The molecular formula is C10H12O6Si. The maximum atomic E-state index is 11.3. The molecule has 0 saturated carbocycles. The minimum absolute atomic E-state index is 0.358. The minimum atomic E-state index is -3.75. The summed E-state index contributed by atoms with van der Waals surface area (Å²) in [6, 6.07) is 8.10. The summed E-state index contributed by atoms with van der Waals surface area (Å²) in [5.41, 5.74) is -1.27. The Bertz CT molecular complexity index is 407. The third kappa shape index (κ3) is 2.90. The van der Waals surface area contributed by atoms with Crippen LogP contribution in [0.5, 0.6) is 0 Å². The third-order valence-electron chi connectivity index (χ3n) is 2.12. The van der Waals surface area contributed by atoms with E-state index >= 15 is 0 Å². The SMILES string of the molecule is CO[Si](OCC(=O)O)(C(=O)O)c1ccccc1. The fourth-order valence-corrected chi connectivity index (χ4v) is 3.38. The molecule has 17 heavy (non-hydrogen) atoms. The zero-order chi connectivity index (χ0) is 12.9. The predicted molar refractivity (Wildman–Crippen MR) is 60.5 cm³/mol. The van der Waals surface area contributed by atoms with Gasteiger partial charge in [-0.15, -0.1) is 0 Å². The first kappa shape index (κ1) is 13.4. The highest BCUT2D eigenvalue weighted by atomic mass is 28.4. The van der Waals surface area contributed by atoms with Gasteiger partial charge < -0.3 is 19.1 Å². The molecule has 1 atom stereocenters. The second-order valence-corrected chi connectivity index (χ2v) is 6.11. The zero-order valence-electron chi connectivity index (χ0n) is 9.12. The van der Waals surface area contributed by atoms with Gasteiger partial charge in [0.15, 0.2) is 0 Å². The Morgan fingerprint density at radius 3 is 2.24 bits per heavy atom. The van der Waals surface area contributed by atoms with E-state index in [0.29, 0.717) is 5.19 Å². The molecule has 2 N–H and O–H groups in total. The first-order valence-electron chi connectivity index (χ1n) is 4.72. The standard InChI is InChI=1S/C10H12O6Si/c1-15-17(10(13)14,16-7-9(11)12)8-5-3-2-4-6-8/h2-6H,7H2,1H3,(H,11,12)(H,13,14). The van der Waals surface area contributed by atoms with Gasteiger partial charge in [0.25, 0.3) is 0 Å². The molecule has 0 aliphatic rings. The van der Waals surface area contributed by atoms with E-state index < -0.39 is 26.7 Å². The highest BCUT2D eigenvalue weighted by Crippen LogP contribution is 2.08. The Labute approximate surface area is 98.7 Å². The molecule has 0 bridgehead atoms. The van der Waals surface area contributed by atoms with Gasteiger partial charge in [0.1, 0.15) is 6.61 Å². The number of aliphatic carboxylic acids is 1. The summed E-state index contributed by atoms with van der Waals surface area (Å²) in [7, 11) is -2.55. The van der Waals surface area contributed by atoms with E-state index in [1.165, 1.54) is 7.11 Å². The van der Waals surface area contributed by atoms with E-state index in [4.69, 9.17) is 14.0 Å². The van der Waals surface area contributed by atoms with Gasteiger partial charge in [0.05, 0.1) is 0 Å². The number of carboxylic acid groups (broad SMARTS) is 2. The number of hydrogen-bond donors (Lipinski definition) is 2. The van der Waals surface area contributed by atoms with Gasteiger partial charge in [-0.25, -0.2) is 4.79 Å². The van der Waals surface area contributed by atoms with Gasteiger partial charge in [-0.3, -0.25) is 4.79 Å². The lowest BCUT2D eigenvalue weighted by atomic mass is 10.4. The van der Waals surface area contributed by atoms with E-state index in [-0.39, 0.29) is 0 Å². The second kappa shape index (κ2) is 5.57. The second-order valence-electron chi connectivity index (χ2n) is 3.17. The fraction of sp³-hybridized carbons (Fsp3) is 0.200. The lowest BCUT2D eigenvalue weighted by Gasteiger charge is -2.23. The van der Waals surface area contributed by atoms with Crippen molar-refractivity contribution in [1.82, 2.24) is 0 Å². The van der Waals surface area contributed by atoms with Gasteiger partial charge in [0.2, 0.25) is 0 Å². The molecule has 0 spiro atoms. The van der Waals surface area contributed by atoms with Crippen LogP contribution in [-0.4, -0.2) is 44.1 Å². The summed E-state index contributed by atoms with van der Waals surface area (Å²) < 4.78 is 10.00. The van der Waals surface area contributed by atoms with Gasteiger partial charge in [0, 0.05) is 12.3 Å². The van der Waals surface area contributed by atoms with E-state index in [2.05, 4.69) is 0 Å². The first-order valence-corrected chi connectivity index (χ1v) is 6.54. The lowest BCUT2D eigenvalue weighted by Crippen LogP contribution is -2.60. The Hall–Kier alpha value is -1.70. The average molecular weight is 256 g/mol. The third-order valence-corrected chi connectivity index (χ3v) is 4.90. The van der Waals surface area contributed by atoms with Crippen LogP contribution in [0.3, 0.4) is 0 Å². The van der Waals surface area contributed by atoms with Crippen LogP contribution in [0.2, 0.25) is 0 Å². The minimum Gasteiger partial charge on any atom is -0.481 e. The Morgan fingerprint density at radius 2 is 1.82 bits per heavy atom. The van der Waals surface area contributed by atoms with Crippen molar-refractivity contribution in [2.45, 2.75) is 0 Å². The van der Waals surface area contributed by atoms with Crippen LogP contribution in [0.1, 0.15) is 0 Å². The molecule has 0 aromatic heterocycles. The molecule has 1 aromatic carbocycles. The summed E-state index contributed by atoms with van der Waals surface area (Å²) in [6.07, 6.45) is 0. The van der Waals surface area contributed by atoms with Gasteiger partial charge in [-0.05, 0) is 0 Å². The summed E-state index contributed by atoms with van der Waals surface area (Å²) in [4.78, 5) is 21.7. The van der Waals surface area contributed by atoms with Crippen molar-refractivity contribution in [1.29, 1.82) is 0 Å². The van der Waals surface area contributed by atoms with Crippen LogP contribution < -0.4 is 5.19 Å². The topological polar surface area (TPSA) is 93.1 Å². The van der Waals surface area contributed by atoms with Crippen molar-refractivity contribution < 1.29 is 28.7 Å². The molecule has 7 heteroatoms. The number of carboxylic acids is 1. The van der Waals surface area contributed by atoms with E-state index in [9.17, 15) is 14.7 Å². The molecule has 1 unspecified atom stereocenters. The van der Waals surface area contributed by atoms with Crippen molar-refractivity contribution in [3.05, 3.63) is 30.3 Å². The van der Waals surface area contributed by atoms with E-state index in [0.717, 1.165) is 0 Å². The maximum absolute atomic E-state index is 11.3. The van der Waals surface area contributed by atoms with Crippen LogP contribution in [0.25, 0.3) is 0 Å². The van der Waals surface area contributed by atoms with Crippen molar-refractivity contribution in [2.24, 2.45) is 0 Å². The average Bonchev–Trinajstić information content (AvgIpc) is 2.31. The van der Waals surface area contributed by atoms with E-state index in [1.54, 1.807) is 30.3 Å². The van der Waals surface area contributed by atoms with Crippen molar-refractivity contribution in [3.63, 3.8) is 0 Å². The fourth-order valence-electron chi connectivity index (χ4n) is 1.35. The Balaban J connectivity index is 3.09. The summed E-state index contributed by atoms with van der Waals surface area (Å²) in [6.45, 7) is -0.707. The first-order chi connectivity index (χ1) is 8.03. The van der Waals surface area contributed by atoms with Crippen LogP contribution in [0.4, 0.5) is 4.79 Å². The van der Waals surface area contributed by atoms with Crippen LogP contribution >= 0.6 is 0 Å². The van der Waals surface area contributed by atoms with Crippen molar-refractivity contribution >= 4 is 25.3 Å². The highest BCUT2D eigenvalue weighted by Gasteiger charge is 2.49. The summed E-state index contributed by atoms with van der Waals surface area (Å²) >= 11 is 0. The molecule has 1 rings (SSSR count). The molecule has 0 radical (unpaired) electrons. The molecule has 0 fully saturated rings. The highest BCUT2D eigenvalue weighted by molar-refractivity contribution is 7.04. The maximum Gasteiger partial charge on any atom is 0.496 e. The van der Waals surface area contributed by atoms with Gasteiger partial charge in [-0.2, -0.15) is 0 Å². The molecule has 0 saturated heterocycles. The Kier molecular flexibility index (Phi) is 4.38. The van der Waals surface area contributed by atoms with Crippen LogP contribution in [0, 0.1) is 0 Å². The normalized spacial score (nSPS) is 13.9. The summed E-state index contributed by atoms with van der Waals surface area (Å²) in [5.74, 6) is -1.24. The van der Waals surface area contributed by atoms with Gasteiger partial charge in [-0.1, -0.05) is 30.3 Å². The van der Waals surface area contributed by atoms with Gasteiger partial charge >= 0.3 is 20.1 Å². The predicted octanol–water partition coefficient (Wildman–Crippen LogP) is 0.343. The monoisotopic (exact) mass is 256 g/mol. The molecule has 6 nitrogen and oxygen atoms in total. The molecule has 0 aliphatic carbocycles. The number of benzene rings is 1. The molecule has 0 aliphatic heterocycles. The molecular weight excluding hydrogens is 244 g/mol. The van der Waals surface area contributed by atoms with Crippen molar-refractivity contribution in [2.75, 3.05) is 13.7 Å². The molecule has 0 heterocycles. The quantitative estimate of drug-likeness (QED) is 0.713. The lowest BCUT2D eigenvalue weighted by molar-refractivity contribution is -0.139. The molecule has 0 amide bonds. The number of rotatable bonds is 6. The Morgan fingerprint density at radius 1 is 1.24 bits per heavy atom. The van der Waals surface area contributed by atoms with Crippen LogP contribution in [0.15, 0.2) is 30.3 Å². The molecule has 1 aromatic rings. The number of carbonyl (C=O) groups is 2. The largest absolute Gasteiger partial charge is 0.496 e. The van der Waals surface area contributed by atoms with Crippen molar-refractivity contribution in [3.8, 4) is 0 Å². The zero-order valence-corrected chi connectivity index (χ0v) is 10.1. The number of hydrogen-bond acceptors (Lipinski definition) is 4. The smallest absolute Gasteiger partial charge is 0.481 e. The summed E-state index contributed by atoms with van der Waals surface area (Å²) in [5, 5.41) is 18.1. The molecule has 92 valence electrons.